The van der Waals surface area contributed by atoms with Crippen molar-refractivity contribution in [1.82, 2.24) is 20.0 Å². The SMILES string of the molecule is Cc1cc(C(=O)Nc2nnc(-c3cc(Cl)sc3Cl)o2)nn1C(C)C. The first-order chi connectivity index (χ1) is 11.3. The smallest absolute Gasteiger partial charge is 0.322 e. The second-order valence-corrected chi connectivity index (χ2v) is 7.60. The zero-order valence-corrected chi connectivity index (χ0v) is 15.3. The number of carbonyl (C=O) groups excluding carboxylic acids is 1. The van der Waals surface area contributed by atoms with E-state index in [4.69, 9.17) is 27.6 Å². The van der Waals surface area contributed by atoms with Crippen molar-refractivity contribution in [2.75, 3.05) is 5.32 Å². The molecule has 0 unspecified atom stereocenters. The lowest BCUT2D eigenvalue weighted by atomic mass is 10.3. The van der Waals surface area contributed by atoms with E-state index in [1.165, 1.54) is 11.3 Å². The number of rotatable bonds is 4. The number of carbonyl (C=O) groups is 1. The maximum atomic E-state index is 12.3. The number of thiophene rings is 1. The summed E-state index contributed by atoms with van der Waals surface area (Å²) < 4.78 is 8.13. The van der Waals surface area contributed by atoms with Gasteiger partial charge < -0.3 is 4.42 Å². The largest absolute Gasteiger partial charge is 0.403 e. The number of amides is 1. The minimum Gasteiger partial charge on any atom is -0.403 e. The predicted octanol–water partition coefficient (Wildman–Crippen LogP) is 4.44. The van der Waals surface area contributed by atoms with Gasteiger partial charge in [0, 0.05) is 11.7 Å². The topological polar surface area (TPSA) is 85.8 Å². The Morgan fingerprint density at radius 3 is 2.67 bits per heavy atom. The normalized spacial score (nSPS) is 11.2. The van der Waals surface area contributed by atoms with E-state index in [-0.39, 0.29) is 23.6 Å². The molecule has 126 valence electrons. The van der Waals surface area contributed by atoms with E-state index in [1.807, 2.05) is 20.8 Å². The van der Waals surface area contributed by atoms with Gasteiger partial charge in [-0.05, 0) is 32.9 Å². The van der Waals surface area contributed by atoms with Crippen molar-refractivity contribution in [1.29, 1.82) is 0 Å². The number of aromatic nitrogens is 4. The average molecular weight is 386 g/mol. The highest BCUT2D eigenvalue weighted by Crippen LogP contribution is 2.37. The fourth-order valence-electron chi connectivity index (χ4n) is 2.15. The highest BCUT2D eigenvalue weighted by Gasteiger charge is 2.19. The number of anilines is 1. The molecule has 7 nitrogen and oxygen atoms in total. The molecule has 3 rings (SSSR count). The molecule has 3 heterocycles. The van der Waals surface area contributed by atoms with Gasteiger partial charge >= 0.3 is 6.01 Å². The molecule has 0 fully saturated rings. The van der Waals surface area contributed by atoms with Crippen LogP contribution in [0.3, 0.4) is 0 Å². The van der Waals surface area contributed by atoms with Crippen LogP contribution >= 0.6 is 34.5 Å². The van der Waals surface area contributed by atoms with E-state index >= 15 is 0 Å². The fourth-order valence-corrected chi connectivity index (χ4v) is 3.60. The first-order valence-electron chi connectivity index (χ1n) is 7.01. The highest BCUT2D eigenvalue weighted by atomic mass is 35.5. The molecule has 10 heteroatoms. The summed E-state index contributed by atoms with van der Waals surface area (Å²) in [4.78, 5) is 12.3. The summed E-state index contributed by atoms with van der Waals surface area (Å²) in [6, 6.07) is 3.45. The van der Waals surface area contributed by atoms with E-state index in [0.717, 1.165) is 5.69 Å². The van der Waals surface area contributed by atoms with Crippen LogP contribution in [0.5, 0.6) is 0 Å². The van der Waals surface area contributed by atoms with Gasteiger partial charge in [0.1, 0.15) is 4.34 Å². The summed E-state index contributed by atoms with van der Waals surface area (Å²) in [6.45, 7) is 5.86. The molecule has 0 spiro atoms. The van der Waals surface area contributed by atoms with E-state index < -0.39 is 5.91 Å². The Hall–Kier alpha value is -1.90. The number of hydrogen-bond donors (Lipinski definition) is 1. The van der Waals surface area contributed by atoms with Crippen molar-refractivity contribution < 1.29 is 9.21 Å². The average Bonchev–Trinajstić information content (AvgIpc) is 3.18. The molecular weight excluding hydrogens is 373 g/mol. The molecule has 0 saturated carbocycles. The molecule has 1 amide bonds. The molecule has 0 radical (unpaired) electrons. The van der Waals surface area contributed by atoms with E-state index in [1.54, 1.807) is 16.8 Å². The third kappa shape index (κ3) is 3.31. The molecule has 0 aromatic carbocycles. The van der Waals surface area contributed by atoms with E-state index in [9.17, 15) is 4.79 Å². The van der Waals surface area contributed by atoms with Gasteiger partial charge in [-0.25, -0.2) is 0 Å². The Labute approximate surface area is 151 Å². The molecule has 3 aromatic rings. The van der Waals surface area contributed by atoms with Gasteiger partial charge in [0.05, 0.1) is 9.90 Å². The van der Waals surface area contributed by atoms with Crippen LogP contribution in [0, 0.1) is 6.92 Å². The van der Waals surface area contributed by atoms with Gasteiger partial charge in [-0.1, -0.05) is 28.3 Å². The standard InChI is InChI=1S/C14H13Cl2N5O2S/c1-6(2)21-7(3)4-9(20-21)12(22)17-14-19-18-13(23-14)8-5-10(15)24-11(8)16/h4-6H,1-3H3,(H,17,19,22). The molecule has 24 heavy (non-hydrogen) atoms. The number of aryl methyl sites for hydroxylation is 1. The Kier molecular flexibility index (Phi) is 4.62. The fraction of sp³-hybridized carbons (Fsp3) is 0.286. The zero-order valence-electron chi connectivity index (χ0n) is 13.0. The van der Waals surface area contributed by atoms with Gasteiger partial charge in [-0.15, -0.1) is 16.4 Å². The monoisotopic (exact) mass is 385 g/mol. The molecule has 1 N–H and O–H groups in total. The summed E-state index contributed by atoms with van der Waals surface area (Å²) in [7, 11) is 0. The summed E-state index contributed by atoms with van der Waals surface area (Å²) in [5.74, 6) is -0.246. The number of nitrogens with zero attached hydrogens (tertiary/aromatic N) is 4. The molecule has 0 aliphatic heterocycles. The van der Waals surface area contributed by atoms with Gasteiger partial charge in [-0.2, -0.15) is 5.10 Å². The minimum atomic E-state index is -0.429. The number of nitrogens with one attached hydrogen (secondary N) is 1. The first kappa shape index (κ1) is 16.9. The lowest BCUT2D eigenvalue weighted by Crippen LogP contribution is -2.14. The van der Waals surface area contributed by atoms with Crippen molar-refractivity contribution in [3.63, 3.8) is 0 Å². The van der Waals surface area contributed by atoms with Crippen LogP contribution in [0.2, 0.25) is 8.67 Å². The highest BCUT2D eigenvalue weighted by molar-refractivity contribution is 7.20. The Morgan fingerprint density at radius 2 is 2.08 bits per heavy atom. The van der Waals surface area contributed by atoms with Crippen LogP contribution in [0.15, 0.2) is 16.5 Å². The third-order valence-corrected chi connectivity index (χ3v) is 4.66. The zero-order chi connectivity index (χ0) is 17.4. The summed E-state index contributed by atoms with van der Waals surface area (Å²) in [5, 5.41) is 14.4. The maximum Gasteiger partial charge on any atom is 0.322 e. The molecule has 3 aromatic heterocycles. The Morgan fingerprint density at radius 1 is 1.33 bits per heavy atom. The molecule has 0 aliphatic carbocycles. The lowest BCUT2D eigenvalue weighted by molar-refractivity contribution is 0.101. The molecule has 0 bridgehead atoms. The van der Waals surface area contributed by atoms with Crippen LogP contribution in [0.4, 0.5) is 6.01 Å². The van der Waals surface area contributed by atoms with Crippen molar-refractivity contribution >= 4 is 46.5 Å². The van der Waals surface area contributed by atoms with Crippen molar-refractivity contribution in [2.24, 2.45) is 0 Å². The first-order valence-corrected chi connectivity index (χ1v) is 8.58. The summed E-state index contributed by atoms with van der Waals surface area (Å²) in [5.41, 5.74) is 1.69. The van der Waals surface area contributed by atoms with E-state index in [2.05, 4.69) is 20.6 Å². The lowest BCUT2D eigenvalue weighted by Gasteiger charge is -2.06. The van der Waals surface area contributed by atoms with Crippen LogP contribution in [-0.4, -0.2) is 25.9 Å². The van der Waals surface area contributed by atoms with Crippen LogP contribution in [0.1, 0.15) is 36.1 Å². The summed E-state index contributed by atoms with van der Waals surface area (Å²) in [6.07, 6.45) is 0. The second-order valence-electron chi connectivity index (χ2n) is 5.31. The molecule has 0 aliphatic rings. The number of hydrogen-bond acceptors (Lipinski definition) is 6. The Balaban J connectivity index is 1.78. The van der Waals surface area contributed by atoms with Gasteiger partial charge in [0.15, 0.2) is 5.69 Å². The van der Waals surface area contributed by atoms with Gasteiger partial charge in [-0.3, -0.25) is 14.8 Å². The quantitative estimate of drug-likeness (QED) is 0.716. The van der Waals surface area contributed by atoms with Crippen molar-refractivity contribution in [2.45, 2.75) is 26.8 Å². The van der Waals surface area contributed by atoms with Crippen LogP contribution in [-0.2, 0) is 0 Å². The second kappa shape index (κ2) is 6.54. The molecular formula is C14H13Cl2N5O2S. The predicted molar refractivity (Wildman–Crippen MR) is 92.9 cm³/mol. The molecule has 0 atom stereocenters. The number of halogens is 2. The van der Waals surface area contributed by atoms with Crippen molar-refractivity contribution in [3.05, 3.63) is 32.2 Å². The summed E-state index contributed by atoms with van der Waals surface area (Å²) >= 11 is 13.1. The van der Waals surface area contributed by atoms with Crippen LogP contribution in [0.25, 0.3) is 11.5 Å². The van der Waals surface area contributed by atoms with Gasteiger partial charge in [0.2, 0.25) is 0 Å². The minimum absolute atomic E-state index is 0.0369. The van der Waals surface area contributed by atoms with Gasteiger partial charge in [0.25, 0.3) is 11.8 Å². The maximum absolute atomic E-state index is 12.3. The third-order valence-electron chi connectivity index (χ3n) is 3.18. The van der Waals surface area contributed by atoms with E-state index in [0.29, 0.717) is 14.2 Å². The van der Waals surface area contributed by atoms with Crippen molar-refractivity contribution in [3.8, 4) is 11.5 Å². The molecule has 0 saturated heterocycles. The van der Waals surface area contributed by atoms with Crippen LogP contribution < -0.4 is 5.32 Å². The Bertz CT molecular complexity index is 899.